The molecule has 0 aromatic rings. The van der Waals surface area contributed by atoms with E-state index in [2.05, 4.69) is 6.92 Å². The number of carbonyl (C=O) groups excluding carboxylic acids is 1. The van der Waals surface area contributed by atoms with Crippen molar-refractivity contribution >= 4 is 5.78 Å². The van der Waals surface area contributed by atoms with E-state index in [4.69, 9.17) is 0 Å². The Morgan fingerprint density at radius 3 is 2.29 bits per heavy atom. The van der Waals surface area contributed by atoms with Crippen molar-refractivity contribution in [3.05, 3.63) is 12.2 Å². The summed E-state index contributed by atoms with van der Waals surface area (Å²) >= 11 is 0. The Labute approximate surface area is 161 Å². The number of hydrogen-bond acceptors (Lipinski definition) is 2. The van der Waals surface area contributed by atoms with Gasteiger partial charge in [-0.3, -0.25) is 4.79 Å². The Kier molecular flexibility index (Phi) is 4.20. The number of rotatable bonds is 1. The molecule has 0 aliphatic heterocycles. The summed E-state index contributed by atoms with van der Waals surface area (Å²) in [6.07, 6.45) is 0.0608. The van der Waals surface area contributed by atoms with Gasteiger partial charge in [-0.05, 0) is 73.7 Å². The molecule has 0 aromatic heterocycles. The van der Waals surface area contributed by atoms with Crippen molar-refractivity contribution in [1.82, 2.24) is 0 Å². The standard InChI is InChI=1S/C21H27F5O2/c1-17-8-5-13(27)11-12(17)3-4-14-15(17)6-9-18(2)16(14)7-10-19(18,28)20(22,23)21(24,25)26/h5,8,12,14-16,28H,3-4,6-7,9-11H2,1-2H3/t12-,14?,15?,16?,17+,18+,19+/m1/s1. The molecule has 0 spiro atoms. The summed E-state index contributed by atoms with van der Waals surface area (Å²) in [5, 5.41) is 10.8. The van der Waals surface area contributed by atoms with Crippen molar-refractivity contribution in [2.75, 3.05) is 0 Å². The quantitative estimate of drug-likeness (QED) is 0.600. The van der Waals surface area contributed by atoms with Gasteiger partial charge in [0, 0.05) is 11.8 Å². The number of ketones is 1. The highest BCUT2D eigenvalue weighted by Gasteiger charge is 2.79. The Morgan fingerprint density at radius 2 is 1.64 bits per heavy atom. The predicted molar refractivity (Wildman–Crippen MR) is 92.6 cm³/mol. The number of fused-ring (bicyclic) bond motifs is 5. The fourth-order valence-electron chi connectivity index (χ4n) is 7.40. The lowest BCUT2D eigenvalue weighted by Crippen LogP contribution is -2.65. The van der Waals surface area contributed by atoms with E-state index in [0.717, 1.165) is 12.8 Å². The van der Waals surface area contributed by atoms with Crippen LogP contribution in [0, 0.1) is 34.5 Å². The van der Waals surface area contributed by atoms with Crippen molar-refractivity contribution < 1.29 is 31.9 Å². The van der Waals surface area contributed by atoms with Gasteiger partial charge in [0.2, 0.25) is 0 Å². The number of alkyl halides is 5. The zero-order valence-electron chi connectivity index (χ0n) is 16.2. The summed E-state index contributed by atoms with van der Waals surface area (Å²) in [5.41, 5.74) is -4.76. The molecule has 0 saturated heterocycles. The lowest BCUT2D eigenvalue weighted by Gasteiger charge is -2.60. The minimum absolute atomic E-state index is 0.00379. The van der Waals surface area contributed by atoms with E-state index >= 15 is 0 Å². The second-order valence-corrected chi connectivity index (χ2v) is 9.95. The van der Waals surface area contributed by atoms with Crippen LogP contribution < -0.4 is 0 Å². The maximum atomic E-state index is 14.4. The van der Waals surface area contributed by atoms with Gasteiger partial charge in [-0.25, -0.2) is 0 Å². The third-order valence-corrected chi connectivity index (χ3v) is 9.07. The lowest BCUT2D eigenvalue weighted by atomic mass is 9.45. The van der Waals surface area contributed by atoms with Crippen molar-refractivity contribution in [3.8, 4) is 0 Å². The third-order valence-electron chi connectivity index (χ3n) is 9.07. The smallest absolute Gasteiger partial charge is 0.383 e. The molecule has 2 nitrogen and oxygen atoms in total. The van der Waals surface area contributed by atoms with Crippen LogP contribution >= 0.6 is 0 Å². The predicted octanol–water partition coefficient (Wildman–Crippen LogP) is 5.30. The highest BCUT2D eigenvalue weighted by atomic mass is 19.4. The SMILES string of the molecule is C[C@]12CCC3C(CC[C@@H]4CC(=O)C=C[C@]34C)C1CC[C@@]2(O)C(F)(F)C(F)(F)F. The van der Waals surface area contributed by atoms with Crippen LogP contribution in [0.15, 0.2) is 12.2 Å². The van der Waals surface area contributed by atoms with Crippen LogP contribution in [0.5, 0.6) is 0 Å². The molecular formula is C21H27F5O2. The van der Waals surface area contributed by atoms with Gasteiger partial charge in [0.15, 0.2) is 5.78 Å². The Balaban J connectivity index is 1.70. The van der Waals surface area contributed by atoms with Crippen molar-refractivity contribution in [1.29, 1.82) is 0 Å². The summed E-state index contributed by atoms with van der Waals surface area (Å²) < 4.78 is 68.3. The second-order valence-electron chi connectivity index (χ2n) is 9.95. The molecule has 3 saturated carbocycles. The average molecular weight is 406 g/mol. The van der Waals surface area contributed by atoms with Crippen LogP contribution in [-0.4, -0.2) is 28.6 Å². The summed E-state index contributed by atoms with van der Waals surface area (Å²) in [6, 6.07) is 0. The topological polar surface area (TPSA) is 37.3 Å². The van der Waals surface area contributed by atoms with E-state index in [0.29, 0.717) is 12.8 Å². The first-order valence-electron chi connectivity index (χ1n) is 10.2. The molecular weight excluding hydrogens is 379 g/mol. The average Bonchev–Trinajstić information content (AvgIpc) is 2.87. The van der Waals surface area contributed by atoms with E-state index in [-0.39, 0.29) is 47.7 Å². The highest BCUT2D eigenvalue weighted by Crippen LogP contribution is 2.70. The second kappa shape index (κ2) is 5.79. The molecule has 1 N–H and O–H groups in total. The van der Waals surface area contributed by atoms with Gasteiger partial charge in [-0.2, -0.15) is 22.0 Å². The van der Waals surface area contributed by atoms with Gasteiger partial charge in [-0.1, -0.05) is 19.9 Å². The van der Waals surface area contributed by atoms with Gasteiger partial charge in [0.25, 0.3) is 0 Å². The van der Waals surface area contributed by atoms with Crippen LogP contribution in [0.4, 0.5) is 22.0 Å². The molecule has 28 heavy (non-hydrogen) atoms. The maximum Gasteiger partial charge on any atom is 0.456 e. The van der Waals surface area contributed by atoms with Gasteiger partial charge in [-0.15, -0.1) is 0 Å². The Morgan fingerprint density at radius 1 is 1.00 bits per heavy atom. The molecule has 158 valence electrons. The highest BCUT2D eigenvalue weighted by molar-refractivity contribution is 5.91. The number of carbonyl (C=O) groups is 1. The van der Waals surface area contributed by atoms with Crippen LogP contribution in [0.1, 0.15) is 58.8 Å². The molecule has 3 unspecified atom stereocenters. The fraction of sp³-hybridized carbons (Fsp3) is 0.857. The summed E-state index contributed by atoms with van der Waals surface area (Å²) in [4.78, 5) is 11.8. The van der Waals surface area contributed by atoms with Crippen molar-refractivity contribution in [2.45, 2.75) is 76.5 Å². The fourth-order valence-corrected chi connectivity index (χ4v) is 7.40. The van der Waals surface area contributed by atoms with Crippen molar-refractivity contribution in [3.63, 3.8) is 0 Å². The van der Waals surface area contributed by atoms with Crippen LogP contribution in [-0.2, 0) is 4.79 Å². The zero-order chi connectivity index (χ0) is 20.8. The number of halogens is 5. The number of hydrogen-bond donors (Lipinski definition) is 1. The Hall–Kier alpha value is -0.980. The van der Waals surface area contributed by atoms with E-state index in [1.807, 2.05) is 6.08 Å². The summed E-state index contributed by atoms with van der Waals surface area (Å²) in [7, 11) is 0. The third kappa shape index (κ3) is 2.31. The molecule has 4 rings (SSSR count). The van der Waals surface area contributed by atoms with E-state index in [1.54, 1.807) is 6.08 Å². The minimum atomic E-state index is -5.77. The minimum Gasteiger partial charge on any atom is -0.383 e. The largest absolute Gasteiger partial charge is 0.456 e. The molecule has 0 radical (unpaired) electrons. The first-order valence-corrected chi connectivity index (χ1v) is 10.2. The molecule has 0 amide bonds. The van der Waals surface area contributed by atoms with Gasteiger partial charge in [0.1, 0.15) is 5.60 Å². The molecule has 7 heteroatoms. The molecule has 0 heterocycles. The van der Waals surface area contributed by atoms with Gasteiger partial charge in [0.05, 0.1) is 0 Å². The van der Waals surface area contributed by atoms with E-state index in [9.17, 15) is 31.9 Å². The molecule has 0 aromatic carbocycles. The normalized spacial score (nSPS) is 48.8. The lowest BCUT2D eigenvalue weighted by molar-refractivity contribution is -0.363. The van der Waals surface area contributed by atoms with Gasteiger partial charge >= 0.3 is 12.1 Å². The maximum absolute atomic E-state index is 14.4. The molecule has 7 atom stereocenters. The molecule has 4 aliphatic rings. The monoisotopic (exact) mass is 406 g/mol. The van der Waals surface area contributed by atoms with E-state index < -0.39 is 29.5 Å². The first-order chi connectivity index (χ1) is 12.8. The van der Waals surface area contributed by atoms with Crippen molar-refractivity contribution in [2.24, 2.45) is 34.5 Å². The molecule has 0 bridgehead atoms. The van der Waals surface area contributed by atoms with Crippen LogP contribution in [0.25, 0.3) is 0 Å². The zero-order valence-corrected chi connectivity index (χ0v) is 16.2. The molecule has 3 fully saturated rings. The first kappa shape index (κ1) is 20.3. The van der Waals surface area contributed by atoms with Crippen LogP contribution in [0.3, 0.4) is 0 Å². The number of allylic oxidation sites excluding steroid dienone is 2. The van der Waals surface area contributed by atoms with E-state index in [1.165, 1.54) is 6.92 Å². The Bertz CT molecular complexity index is 716. The summed E-state index contributed by atoms with van der Waals surface area (Å²) in [5.74, 6) is -5.05. The number of aliphatic hydroxyl groups is 1. The summed E-state index contributed by atoms with van der Waals surface area (Å²) in [6.45, 7) is 3.54. The van der Waals surface area contributed by atoms with Gasteiger partial charge < -0.3 is 5.11 Å². The van der Waals surface area contributed by atoms with Crippen LogP contribution in [0.2, 0.25) is 0 Å². The molecule has 4 aliphatic carbocycles.